The van der Waals surface area contributed by atoms with Gasteiger partial charge in [0.25, 0.3) is 0 Å². The minimum Gasteiger partial charge on any atom is -0.356 e. The molecule has 24 heavy (non-hydrogen) atoms. The molecule has 3 rings (SSSR count). The number of carbonyl (C=O) groups excluding carboxylic acids is 2. The molecule has 1 aromatic carbocycles. The molecule has 2 aliphatic rings. The summed E-state index contributed by atoms with van der Waals surface area (Å²) in [5.74, 6) is 0.858. The highest BCUT2D eigenvalue weighted by Crippen LogP contribution is 2.28. The monoisotopic (exact) mass is 441 g/mol. The zero-order valence-corrected chi connectivity index (χ0v) is 15.9. The van der Waals surface area contributed by atoms with E-state index >= 15 is 0 Å². The molecule has 1 unspecified atom stereocenters. The number of hydrogen-bond donors (Lipinski definition) is 2. The highest BCUT2D eigenvalue weighted by molar-refractivity contribution is 14.1. The van der Waals surface area contributed by atoms with Crippen LogP contribution in [0.25, 0.3) is 0 Å². The Labute approximate surface area is 156 Å². The fourth-order valence-corrected chi connectivity index (χ4v) is 3.42. The van der Waals surface area contributed by atoms with Crippen molar-refractivity contribution in [3.8, 4) is 0 Å². The Morgan fingerprint density at radius 2 is 1.92 bits per heavy atom. The van der Waals surface area contributed by atoms with E-state index in [0.717, 1.165) is 35.2 Å². The molecule has 0 spiro atoms. The Balaban J connectivity index is 1.44. The molecule has 2 N–H and O–H groups in total. The minimum absolute atomic E-state index is 0.0172. The first-order valence-corrected chi connectivity index (χ1v) is 9.73. The van der Waals surface area contributed by atoms with Gasteiger partial charge in [-0.2, -0.15) is 0 Å². The van der Waals surface area contributed by atoms with Crippen molar-refractivity contribution < 1.29 is 9.59 Å². The molecule has 1 aliphatic carbocycles. The van der Waals surface area contributed by atoms with Crippen LogP contribution >= 0.6 is 22.6 Å². The summed E-state index contributed by atoms with van der Waals surface area (Å²) in [4.78, 5) is 26.5. The second kappa shape index (κ2) is 8.29. The van der Waals surface area contributed by atoms with Gasteiger partial charge in [-0.25, -0.2) is 0 Å². The van der Waals surface area contributed by atoms with Gasteiger partial charge in [0.2, 0.25) is 11.8 Å². The van der Waals surface area contributed by atoms with E-state index in [9.17, 15) is 9.59 Å². The molecule has 2 fully saturated rings. The van der Waals surface area contributed by atoms with Crippen LogP contribution < -0.4 is 10.6 Å². The number of benzene rings is 1. The molecule has 130 valence electrons. The van der Waals surface area contributed by atoms with Gasteiger partial charge < -0.3 is 10.6 Å². The van der Waals surface area contributed by atoms with Crippen LogP contribution in [0, 0.1) is 15.4 Å². The molecule has 1 aliphatic heterocycles. The SMILES string of the molecule is O=C(CN1CCCC(C(=O)NCC2CC2)C1)Nc1ccc(I)cc1. The molecule has 1 aromatic rings. The average molecular weight is 441 g/mol. The van der Waals surface area contributed by atoms with Gasteiger partial charge in [0.1, 0.15) is 0 Å². The summed E-state index contributed by atoms with van der Waals surface area (Å²) in [7, 11) is 0. The summed E-state index contributed by atoms with van der Waals surface area (Å²) in [5, 5.41) is 5.99. The van der Waals surface area contributed by atoms with Crippen LogP contribution in [0.15, 0.2) is 24.3 Å². The molecule has 1 saturated carbocycles. The first-order valence-electron chi connectivity index (χ1n) is 8.65. The van der Waals surface area contributed by atoms with Gasteiger partial charge in [0.05, 0.1) is 12.5 Å². The van der Waals surface area contributed by atoms with Crippen molar-refractivity contribution in [2.45, 2.75) is 25.7 Å². The maximum Gasteiger partial charge on any atom is 0.238 e. The Bertz CT molecular complexity index is 586. The number of carbonyl (C=O) groups is 2. The van der Waals surface area contributed by atoms with Crippen LogP contribution in [0.4, 0.5) is 5.69 Å². The third-order valence-electron chi connectivity index (χ3n) is 4.63. The first-order chi connectivity index (χ1) is 11.6. The summed E-state index contributed by atoms with van der Waals surface area (Å²) in [6.07, 6.45) is 4.38. The van der Waals surface area contributed by atoms with Crippen molar-refractivity contribution in [3.63, 3.8) is 0 Å². The largest absolute Gasteiger partial charge is 0.356 e. The molecule has 2 amide bonds. The summed E-state index contributed by atoms with van der Waals surface area (Å²) in [6.45, 7) is 2.73. The van der Waals surface area contributed by atoms with Gasteiger partial charge >= 0.3 is 0 Å². The van der Waals surface area contributed by atoms with E-state index in [0.29, 0.717) is 19.0 Å². The lowest BCUT2D eigenvalue weighted by Gasteiger charge is -2.31. The predicted molar refractivity (Wildman–Crippen MR) is 103 cm³/mol. The highest BCUT2D eigenvalue weighted by Gasteiger charge is 2.28. The molecule has 1 heterocycles. The molecule has 6 heteroatoms. The van der Waals surface area contributed by atoms with E-state index in [1.165, 1.54) is 12.8 Å². The van der Waals surface area contributed by atoms with Gasteiger partial charge in [-0.05, 0) is 85.0 Å². The van der Waals surface area contributed by atoms with Gasteiger partial charge in [-0.15, -0.1) is 0 Å². The van der Waals surface area contributed by atoms with E-state index in [1.807, 2.05) is 24.3 Å². The smallest absolute Gasteiger partial charge is 0.238 e. The van der Waals surface area contributed by atoms with E-state index in [-0.39, 0.29) is 17.7 Å². The Morgan fingerprint density at radius 3 is 2.62 bits per heavy atom. The number of nitrogens with one attached hydrogen (secondary N) is 2. The van der Waals surface area contributed by atoms with E-state index in [1.54, 1.807) is 0 Å². The highest BCUT2D eigenvalue weighted by atomic mass is 127. The Morgan fingerprint density at radius 1 is 1.17 bits per heavy atom. The second-order valence-electron chi connectivity index (χ2n) is 6.82. The summed E-state index contributed by atoms with van der Waals surface area (Å²) < 4.78 is 1.14. The number of piperidine rings is 1. The zero-order valence-electron chi connectivity index (χ0n) is 13.8. The van der Waals surface area contributed by atoms with Gasteiger partial charge in [-0.3, -0.25) is 14.5 Å². The normalized spacial score (nSPS) is 21.3. The minimum atomic E-state index is -0.0183. The molecular formula is C18H24IN3O2. The van der Waals surface area contributed by atoms with Gasteiger partial charge in [0, 0.05) is 22.3 Å². The average Bonchev–Trinajstić information content (AvgIpc) is 3.39. The number of anilines is 1. The fraction of sp³-hybridized carbons (Fsp3) is 0.556. The number of nitrogens with zero attached hydrogens (tertiary/aromatic N) is 1. The van der Waals surface area contributed by atoms with Crippen LogP contribution in [0.2, 0.25) is 0 Å². The fourth-order valence-electron chi connectivity index (χ4n) is 3.06. The van der Waals surface area contributed by atoms with Crippen molar-refractivity contribution in [1.82, 2.24) is 10.2 Å². The zero-order chi connectivity index (χ0) is 16.9. The lowest BCUT2D eigenvalue weighted by molar-refractivity contribution is -0.128. The number of rotatable bonds is 6. The maximum absolute atomic E-state index is 12.2. The summed E-state index contributed by atoms with van der Waals surface area (Å²) in [5.41, 5.74) is 0.816. The number of amides is 2. The lowest BCUT2D eigenvalue weighted by Crippen LogP contribution is -2.45. The van der Waals surface area contributed by atoms with Crippen molar-refractivity contribution >= 4 is 40.1 Å². The van der Waals surface area contributed by atoms with Gasteiger partial charge in [0.15, 0.2) is 0 Å². The molecule has 1 atom stereocenters. The second-order valence-corrected chi connectivity index (χ2v) is 8.06. The van der Waals surface area contributed by atoms with Crippen LogP contribution in [-0.4, -0.2) is 42.9 Å². The van der Waals surface area contributed by atoms with Crippen molar-refractivity contribution in [2.24, 2.45) is 11.8 Å². The van der Waals surface area contributed by atoms with Gasteiger partial charge in [-0.1, -0.05) is 0 Å². The van der Waals surface area contributed by atoms with Crippen molar-refractivity contribution in [2.75, 3.05) is 31.5 Å². The van der Waals surface area contributed by atoms with Crippen LogP contribution in [-0.2, 0) is 9.59 Å². The van der Waals surface area contributed by atoms with Crippen molar-refractivity contribution in [1.29, 1.82) is 0 Å². The first kappa shape index (κ1) is 17.7. The Kier molecular flexibility index (Phi) is 6.10. The quantitative estimate of drug-likeness (QED) is 0.667. The summed E-state index contributed by atoms with van der Waals surface area (Å²) in [6, 6.07) is 7.75. The van der Waals surface area contributed by atoms with E-state index in [2.05, 4.69) is 38.1 Å². The molecule has 1 saturated heterocycles. The molecular weight excluding hydrogens is 417 g/mol. The number of hydrogen-bond acceptors (Lipinski definition) is 3. The third-order valence-corrected chi connectivity index (χ3v) is 5.35. The molecule has 0 radical (unpaired) electrons. The van der Waals surface area contributed by atoms with Crippen LogP contribution in [0.3, 0.4) is 0 Å². The molecule has 0 aromatic heterocycles. The predicted octanol–water partition coefficient (Wildman–Crippen LogP) is 2.47. The Hall–Kier alpha value is -1.15. The number of likely N-dealkylation sites (tertiary alicyclic amines) is 1. The number of halogens is 1. The maximum atomic E-state index is 12.2. The summed E-state index contributed by atoms with van der Waals surface area (Å²) >= 11 is 2.24. The van der Waals surface area contributed by atoms with Crippen LogP contribution in [0.5, 0.6) is 0 Å². The topological polar surface area (TPSA) is 61.4 Å². The molecule has 5 nitrogen and oxygen atoms in total. The lowest BCUT2D eigenvalue weighted by atomic mass is 9.97. The molecule has 0 bridgehead atoms. The van der Waals surface area contributed by atoms with Crippen molar-refractivity contribution in [3.05, 3.63) is 27.8 Å². The van der Waals surface area contributed by atoms with Crippen LogP contribution in [0.1, 0.15) is 25.7 Å². The standard InChI is InChI=1S/C18H24IN3O2/c19-15-5-7-16(8-6-15)21-17(23)12-22-9-1-2-14(11-22)18(24)20-10-13-3-4-13/h5-8,13-14H,1-4,9-12H2,(H,20,24)(H,21,23). The third kappa shape index (κ3) is 5.44. The van der Waals surface area contributed by atoms with E-state index < -0.39 is 0 Å². The van der Waals surface area contributed by atoms with E-state index in [4.69, 9.17) is 0 Å².